The van der Waals surface area contributed by atoms with Crippen LogP contribution < -0.4 is 5.56 Å². The molecule has 2 aromatic carbocycles. The Balaban J connectivity index is 1.09. The Morgan fingerprint density at radius 2 is 1.70 bits per heavy atom. The third kappa shape index (κ3) is 6.79. The molecule has 1 saturated heterocycles. The van der Waals surface area contributed by atoms with Crippen LogP contribution in [0.4, 0.5) is 0 Å². The highest BCUT2D eigenvalue weighted by Gasteiger charge is 2.37. The predicted octanol–water partition coefficient (Wildman–Crippen LogP) is 5.03. The summed E-state index contributed by atoms with van der Waals surface area (Å²) in [5, 5.41) is 1.27. The lowest BCUT2D eigenvalue weighted by atomic mass is 9.95. The minimum absolute atomic E-state index is 0.0447. The van der Waals surface area contributed by atoms with E-state index in [1.54, 1.807) is 16.3 Å². The van der Waals surface area contributed by atoms with E-state index in [2.05, 4.69) is 29.2 Å². The van der Waals surface area contributed by atoms with Gasteiger partial charge in [-0.25, -0.2) is 4.98 Å². The summed E-state index contributed by atoms with van der Waals surface area (Å²) in [5.74, 6) is -0.291. The van der Waals surface area contributed by atoms with Gasteiger partial charge in [0.1, 0.15) is 0 Å². The van der Waals surface area contributed by atoms with Crippen molar-refractivity contribution in [1.29, 1.82) is 0 Å². The van der Waals surface area contributed by atoms with Crippen LogP contribution in [0.25, 0.3) is 5.69 Å². The maximum absolute atomic E-state index is 14.0. The molecule has 0 radical (unpaired) electrons. The topological polar surface area (TPSA) is 84.7 Å². The molecule has 3 aromatic rings. The number of nitrogens with zero attached hydrogens (tertiary/aromatic N) is 4. The lowest BCUT2D eigenvalue weighted by Gasteiger charge is -2.41. The molecular weight excluding hydrogens is 572 g/mol. The van der Waals surface area contributed by atoms with E-state index in [1.165, 1.54) is 31.9 Å². The second-order valence-corrected chi connectivity index (χ2v) is 13.8. The summed E-state index contributed by atoms with van der Waals surface area (Å²) in [7, 11) is 1.42. The number of amides is 1. The summed E-state index contributed by atoms with van der Waals surface area (Å²) in [5.41, 5.74) is 4.58. The van der Waals surface area contributed by atoms with Crippen molar-refractivity contribution >= 4 is 23.6 Å². The number of fused-ring (bicyclic) bond motifs is 1. The number of carbonyl (C=O) groups is 2. The highest BCUT2D eigenvalue weighted by Crippen LogP contribution is 2.34. The zero-order valence-electron chi connectivity index (χ0n) is 25.7. The van der Waals surface area contributed by atoms with E-state index in [0.717, 1.165) is 41.5 Å². The fourth-order valence-electron chi connectivity index (χ4n) is 6.65. The van der Waals surface area contributed by atoms with Crippen molar-refractivity contribution < 1.29 is 14.3 Å². The van der Waals surface area contributed by atoms with E-state index in [9.17, 15) is 14.4 Å². The number of para-hydroxylation sites is 1. The quantitative estimate of drug-likeness (QED) is 0.247. The second kappa shape index (κ2) is 13.7. The van der Waals surface area contributed by atoms with Crippen molar-refractivity contribution in [2.24, 2.45) is 11.8 Å². The van der Waals surface area contributed by atoms with Gasteiger partial charge in [0, 0.05) is 37.8 Å². The van der Waals surface area contributed by atoms with Gasteiger partial charge in [-0.1, -0.05) is 80.4 Å². The van der Waals surface area contributed by atoms with Crippen LogP contribution in [-0.2, 0) is 40.3 Å². The van der Waals surface area contributed by atoms with E-state index in [1.807, 2.05) is 42.2 Å². The van der Waals surface area contributed by atoms with Gasteiger partial charge in [-0.15, -0.1) is 0 Å². The van der Waals surface area contributed by atoms with Gasteiger partial charge in [0.25, 0.3) is 5.56 Å². The summed E-state index contributed by atoms with van der Waals surface area (Å²) in [6.07, 6.45) is 7.34. The first-order valence-corrected chi connectivity index (χ1v) is 16.8. The smallest absolute Gasteiger partial charge is 0.308 e. The summed E-state index contributed by atoms with van der Waals surface area (Å²) in [4.78, 5) is 48.5. The average molecular weight is 615 g/mol. The Morgan fingerprint density at radius 1 is 1.00 bits per heavy atom. The standard InChI is InChI=1S/C35H42N4O4S/c1-24(34(42)43-2)19-25-13-15-26(16-14-25)20-37-21-27(22-37)32(40)38-18-17-31-30(23-38)33(41)39(28-9-5-3-6-10-28)35(36-31)44-29-11-7-4-8-12-29/h3,5-6,9-10,13-16,24,27,29H,4,7-8,11-12,17-23H2,1-2H3. The van der Waals surface area contributed by atoms with Gasteiger partial charge in [0.05, 0.1) is 42.4 Å². The average Bonchev–Trinajstić information content (AvgIpc) is 3.03. The number of hydrogen-bond acceptors (Lipinski definition) is 7. The van der Waals surface area contributed by atoms with Crippen LogP contribution in [0.5, 0.6) is 0 Å². The molecule has 3 heterocycles. The number of likely N-dealkylation sites (tertiary alicyclic amines) is 1. The molecule has 8 nitrogen and oxygen atoms in total. The van der Waals surface area contributed by atoms with E-state index in [4.69, 9.17) is 9.72 Å². The van der Waals surface area contributed by atoms with Crippen molar-refractivity contribution in [2.45, 2.75) is 75.4 Å². The van der Waals surface area contributed by atoms with Crippen molar-refractivity contribution in [3.8, 4) is 5.69 Å². The highest BCUT2D eigenvalue weighted by atomic mass is 32.2. The van der Waals surface area contributed by atoms with Gasteiger partial charge in [0.2, 0.25) is 5.91 Å². The van der Waals surface area contributed by atoms with Crippen molar-refractivity contribution in [3.05, 3.63) is 87.3 Å². The molecule has 2 aliphatic heterocycles. The minimum atomic E-state index is -0.195. The Hall–Kier alpha value is -3.43. The van der Waals surface area contributed by atoms with Crippen LogP contribution in [0, 0.1) is 11.8 Å². The van der Waals surface area contributed by atoms with E-state index in [-0.39, 0.29) is 29.3 Å². The van der Waals surface area contributed by atoms with Gasteiger partial charge in [-0.2, -0.15) is 0 Å². The largest absolute Gasteiger partial charge is 0.469 e. The van der Waals surface area contributed by atoms with Gasteiger partial charge in [0.15, 0.2) is 5.16 Å². The van der Waals surface area contributed by atoms with E-state index in [0.29, 0.717) is 49.8 Å². The molecular formula is C35H42N4O4S. The monoisotopic (exact) mass is 614 g/mol. The second-order valence-electron chi connectivity index (χ2n) is 12.5. The number of hydrogen-bond donors (Lipinski definition) is 0. The van der Waals surface area contributed by atoms with Crippen molar-refractivity contribution in [3.63, 3.8) is 0 Å². The number of thioether (sulfide) groups is 1. The van der Waals surface area contributed by atoms with Crippen LogP contribution in [0.15, 0.2) is 64.5 Å². The Kier molecular flexibility index (Phi) is 9.52. The van der Waals surface area contributed by atoms with Crippen molar-refractivity contribution in [1.82, 2.24) is 19.4 Å². The molecule has 232 valence electrons. The number of aromatic nitrogens is 2. The summed E-state index contributed by atoms with van der Waals surface area (Å²) in [6.45, 7) is 5.01. The molecule has 0 spiro atoms. The van der Waals surface area contributed by atoms with Crippen LogP contribution in [0.2, 0.25) is 0 Å². The van der Waals surface area contributed by atoms with Crippen LogP contribution in [0.3, 0.4) is 0 Å². The molecule has 1 amide bonds. The molecule has 44 heavy (non-hydrogen) atoms. The molecule has 9 heteroatoms. The number of ether oxygens (including phenoxy) is 1. The Labute approximate surface area is 263 Å². The molecule has 1 aliphatic carbocycles. The van der Waals surface area contributed by atoms with E-state index >= 15 is 0 Å². The fourth-order valence-corrected chi connectivity index (χ4v) is 7.97. The highest BCUT2D eigenvalue weighted by molar-refractivity contribution is 7.99. The number of carbonyl (C=O) groups excluding carboxylic acids is 2. The number of esters is 1. The SMILES string of the molecule is COC(=O)C(C)Cc1ccc(CN2CC(C(=O)N3CCc4nc(SC5CCCCC5)n(-c5ccccc5)c(=O)c4C3)C2)cc1. The summed E-state index contributed by atoms with van der Waals surface area (Å²) in [6, 6.07) is 18.1. The molecule has 1 saturated carbocycles. The molecule has 1 atom stereocenters. The van der Waals surface area contributed by atoms with Gasteiger partial charge >= 0.3 is 5.97 Å². The first kappa shape index (κ1) is 30.6. The molecule has 1 aromatic heterocycles. The van der Waals surface area contributed by atoms with Crippen LogP contribution >= 0.6 is 11.8 Å². The summed E-state index contributed by atoms with van der Waals surface area (Å²) >= 11 is 1.75. The normalized spacial score (nSPS) is 18.4. The Morgan fingerprint density at radius 3 is 2.41 bits per heavy atom. The molecule has 0 N–H and O–H groups in total. The van der Waals surface area contributed by atoms with E-state index < -0.39 is 0 Å². The third-order valence-electron chi connectivity index (χ3n) is 9.23. The fraction of sp³-hybridized carbons (Fsp3) is 0.486. The zero-order chi connectivity index (χ0) is 30.6. The minimum Gasteiger partial charge on any atom is -0.469 e. The number of methoxy groups -OCH3 is 1. The first-order chi connectivity index (χ1) is 21.4. The lowest BCUT2D eigenvalue weighted by molar-refractivity contribution is -0.145. The van der Waals surface area contributed by atoms with Crippen LogP contribution in [-0.4, -0.2) is 63.2 Å². The first-order valence-electron chi connectivity index (χ1n) is 15.9. The van der Waals surface area contributed by atoms with Crippen molar-refractivity contribution in [2.75, 3.05) is 26.7 Å². The van der Waals surface area contributed by atoms with Gasteiger partial charge < -0.3 is 9.64 Å². The molecule has 2 fully saturated rings. The van der Waals surface area contributed by atoms with Gasteiger partial charge in [-0.3, -0.25) is 23.9 Å². The third-order valence-corrected chi connectivity index (χ3v) is 10.5. The maximum Gasteiger partial charge on any atom is 0.308 e. The van der Waals surface area contributed by atoms with Gasteiger partial charge in [-0.05, 0) is 42.5 Å². The number of rotatable bonds is 9. The zero-order valence-corrected chi connectivity index (χ0v) is 26.6. The molecule has 6 rings (SSSR count). The summed E-state index contributed by atoms with van der Waals surface area (Å²) < 4.78 is 6.61. The predicted molar refractivity (Wildman–Crippen MR) is 172 cm³/mol. The molecule has 3 aliphatic rings. The molecule has 0 bridgehead atoms. The van der Waals surface area contributed by atoms with Crippen LogP contribution in [0.1, 0.15) is 61.4 Å². The number of benzene rings is 2. The lowest BCUT2D eigenvalue weighted by Crippen LogP contribution is -2.55. The molecule has 1 unspecified atom stereocenters. The Bertz CT molecular complexity index is 1530. The maximum atomic E-state index is 14.0.